The number of hydrogen-bond acceptors (Lipinski definition) is 3. The van der Waals surface area contributed by atoms with Crippen LogP contribution in [0.5, 0.6) is 0 Å². The summed E-state index contributed by atoms with van der Waals surface area (Å²) < 4.78 is 39.5. The smallest absolute Gasteiger partial charge is 0.243 e. The van der Waals surface area contributed by atoms with Gasteiger partial charge < -0.3 is 4.90 Å². The van der Waals surface area contributed by atoms with E-state index in [0.29, 0.717) is 32.4 Å². The fourth-order valence-corrected chi connectivity index (χ4v) is 4.72. The first-order valence-electron chi connectivity index (χ1n) is 6.88. The summed E-state index contributed by atoms with van der Waals surface area (Å²) in [5.41, 5.74) is -0.371. The molecule has 21 heavy (non-hydrogen) atoms. The number of likely N-dealkylation sites (tertiary alicyclic amines) is 1. The highest BCUT2D eigenvalue weighted by Crippen LogP contribution is 2.39. The third-order valence-corrected chi connectivity index (χ3v) is 6.50. The normalized spacial score (nSPS) is 27.0. The van der Waals surface area contributed by atoms with E-state index in [4.69, 9.17) is 0 Å². The Morgan fingerprint density at radius 2 is 1.86 bits per heavy atom. The summed E-state index contributed by atoms with van der Waals surface area (Å²) in [6, 6.07) is 4.84. The molecule has 114 valence electrons. The minimum Gasteiger partial charge on any atom is -0.339 e. The summed E-state index contributed by atoms with van der Waals surface area (Å²) >= 11 is 0. The number of rotatable bonds is 2. The maximum Gasteiger partial charge on any atom is 0.243 e. The molecule has 0 aliphatic carbocycles. The number of carbonyl (C=O) groups is 1. The van der Waals surface area contributed by atoms with Gasteiger partial charge in [0.05, 0.1) is 10.4 Å². The fourth-order valence-electron chi connectivity index (χ4n) is 3.20. The lowest BCUT2D eigenvalue weighted by atomic mass is 9.96. The SMILES string of the molecule is CN1C(=O)CC[C@@]12CCN(S(=O)(=O)c1ccc(F)cc1)C2. The first-order valence-corrected chi connectivity index (χ1v) is 8.32. The zero-order chi connectivity index (χ0) is 15.3. The van der Waals surface area contributed by atoms with Gasteiger partial charge in [-0.05, 0) is 37.1 Å². The van der Waals surface area contributed by atoms with Gasteiger partial charge in [0.15, 0.2) is 0 Å². The quantitative estimate of drug-likeness (QED) is 0.825. The molecule has 1 aromatic rings. The predicted molar refractivity (Wildman–Crippen MR) is 74.5 cm³/mol. The molecule has 5 nitrogen and oxygen atoms in total. The lowest BCUT2D eigenvalue weighted by Gasteiger charge is -2.31. The molecule has 3 rings (SSSR count). The van der Waals surface area contributed by atoms with Gasteiger partial charge in [0.25, 0.3) is 0 Å². The van der Waals surface area contributed by atoms with E-state index in [2.05, 4.69) is 0 Å². The Labute approximate surface area is 123 Å². The van der Waals surface area contributed by atoms with Crippen molar-refractivity contribution < 1.29 is 17.6 Å². The van der Waals surface area contributed by atoms with Gasteiger partial charge in [-0.15, -0.1) is 0 Å². The molecule has 1 spiro atoms. The molecule has 0 bridgehead atoms. The van der Waals surface area contributed by atoms with Crippen LogP contribution in [0.25, 0.3) is 0 Å². The highest BCUT2D eigenvalue weighted by atomic mass is 32.2. The zero-order valence-electron chi connectivity index (χ0n) is 11.8. The van der Waals surface area contributed by atoms with Crippen molar-refractivity contribution in [2.75, 3.05) is 20.1 Å². The largest absolute Gasteiger partial charge is 0.339 e. The van der Waals surface area contributed by atoms with Crippen LogP contribution in [-0.4, -0.2) is 49.2 Å². The van der Waals surface area contributed by atoms with Crippen molar-refractivity contribution in [3.05, 3.63) is 30.1 Å². The van der Waals surface area contributed by atoms with Gasteiger partial charge >= 0.3 is 0 Å². The van der Waals surface area contributed by atoms with Crippen molar-refractivity contribution in [3.63, 3.8) is 0 Å². The van der Waals surface area contributed by atoms with Crippen LogP contribution >= 0.6 is 0 Å². The van der Waals surface area contributed by atoms with E-state index in [1.807, 2.05) is 0 Å². The Balaban J connectivity index is 1.86. The van der Waals surface area contributed by atoms with Crippen LogP contribution in [0.1, 0.15) is 19.3 Å². The van der Waals surface area contributed by atoms with E-state index in [0.717, 1.165) is 12.1 Å². The minimum absolute atomic E-state index is 0.0658. The van der Waals surface area contributed by atoms with Gasteiger partial charge in [-0.2, -0.15) is 4.31 Å². The second kappa shape index (κ2) is 4.78. The maximum absolute atomic E-state index is 12.9. The Morgan fingerprint density at radius 3 is 2.43 bits per heavy atom. The standard InChI is InChI=1S/C14H17FN2O3S/c1-16-13(18)6-7-14(16)8-9-17(10-14)21(19,20)12-4-2-11(15)3-5-12/h2-5H,6-10H2,1H3/t14-/m0/s1. The van der Waals surface area contributed by atoms with Gasteiger partial charge in [-0.1, -0.05) is 0 Å². The van der Waals surface area contributed by atoms with Gasteiger partial charge in [-0.25, -0.2) is 12.8 Å². The first kappa shape index (κ1) is 14.5. The summed E-state index contributed by atoms with van der Waals surface area (Å²) in [6.07, 6.45) is 1.81. The Morgan fingerprint density at radius 1 is 1.19 bits per heavy atom. The number of halogens is 1. The van der Waals surface area contributed by atoms with E-state index in [9.17, 15) is 17.6 Å². The third kappa shape index (κ3) is 2.24. The molecular formula is C14H17FN2O3S. The van der Waals surface area contributed by atoms with Crippen LogP contribution in [0.2, 0.25) is 0 Å². The molecular weight excluding hydrogens is 295 g/mol. The van der Waals surface area contributed by atoms with Crippen LogP contribution in [0.4, 0.5) is 4.39 Å². The number of amides is 1. The molecule has 2 aliphatic heterocycles. The van der Waals surface area contributed by atoms with Crippen molar-refractivity contribution >= 4 is 15.9 Å². The number of hydrogen-bond donors (Lipinski definition) is 0. The number of likely N-dealkylation sites (N-methyl/N-ethyl adjacent to an activating group) is 1. The molecule has 0 radical (unpaired) electrons. The lowest BCUT2D eigenvalue weighted by molar-refractivity contribution is -0.129. The number of carbonyl (C=O) groups excluding carboxylic acids is 1. The van der Waals surface area contributed by atoms with E-state index in [1.165, 1.54) is 16.4 Å². The minimum atomic E-state index is -3.63. The summed E-state index contributed by atoms with van der Waals surface area (Å²) in [7, 11) is -1.89. The second-order valence-corrected chi connectivity index (χ2v) is 7.66. The van der Waals surface area contributed by atoms with Crippen LogP contribution in [0, 0.1) is 5.82 Å². The molecule has 7 heteroatoms. The molecule has 2 aliphatic rings. The topological polar surface area (TPSA) is 57.7 Å². The zero-order valence-corrected chi connectivity index (χ0v) is 12.6. The first-order chi connectivity index (χ1) is 9.85. The molecule has 2 heterocycles. The van der Waals surface area contributed by atoms with Crippen LogP contribution in [-0.2, 0) is 14.8 Å². The third-order valence-electron chi connectivity index (χ3n) is 4.64. The highest BCUT2D eigenvalue weighted by molar-refractivity contribution is 7.89. The van der Waals surface area contributed by atoms with Gasteiger partial charge in [-0.3, -0.25) is 4.79 Å². The van der Waals surface area contributed by atoms with Crippen LogP contribution < -0.4 is 0 Å². The number of sulfonamides is 1. The average Bonchev–Trinajstić information content (AvgIpc) is 3.01. The molecule has 0 saturated carbocycles. The van der Waals surface area contributed by atoms with Gasteiger partial charge in [0.1, 0.15) is 5.82 Å². The molecule has 0 aromatic heterocycles. The summed E-state index contributed by atoms with van der Waals surface area (Å²) in [5.74, 6) is -0.399. The van der Waals surface area contributed by atoms with E-state index >= 15 is 0 Å². The van der Waals surface area contributed by atoms with E-state index < -0.39 is 15.8 Å². The Hall–Kier alpha value is -1.47. The van der Waals surface area contributed by atoms with Crippen molar-refractivity contribution in [2.24, 2.45) is 0 Å². The summed E-state index contributed by atoms with van der Waals surface area (Å²) in [6.45, 7) is 0.701. The van der Waals surface area contributed by atoms with E-state index in [1.54, 1.807) is 11.9 Å². The van der Waals surface area contributed by atoms with Crippen molar-refractivity contribution in [1.29, 1.82) is 0 Å². The average molecular weight is 312 g/mol. The fraction of sp³-hybridized carbons (Fsp3) is 0.500. The monoisotopic (exact) mass is 312 g/mol. The molecule has 2 saturated heterocycles. The molecule has 1 aromatic carbocycles. The van der Waals surface area contributed by atoms with Crippen molar-refractivity contribution in [2.45, 2.75) is 29.7 Å². The summed E-state index contributed by atoms with van der Waals surface area (Å²) in [5, 5.41) is 0. The second-order valence-electron chi connectivity index (χ2n) is 5.72. The van der Waals surface area contributed by atoms with Gasteiger partial charge in [0, 0.05) is 26.6 Å². The van der Waals surface area contributed by atoms with Gasteiger partial charge in [0.2, 0.25) is 15.9 Å². The lowest BCUT2D eigenvalue weighted by Crippen LogP contribution is -2.46. The summed E-state index contributed by atoms with van der Waals surface area (Å²) in [4.78, 5) is 13.5. The number of nitrogens with zero attached hydrogens (tertiary/aromatic N) is 2. The Bertz CT molecular complexity index is 674. The van der Waals surface area contributed by atoms with Crippen molar-refractivity contribution in [3.8, 4) is 0 Å². The molecule has 2 fully saturated rings. The van der Waals surface area contributed by atoms with Crippen molar-refractivity contribution in [1.82, 2.24) is 9.21 Å². The Kier molecular flexibility index (Phi) is 3.29. The predicted octanol–water partition coefficient (Wildman–Crippen LogP) is 1.21. The van der Waals surface area contributed by atoms with E-state index in [-0.39, 0.29) is 16.3 Å². The molecule has 1 atom stereocenters. The highest BCUT2D eigenvalue weighted by Gasteiger charge is 2.50. The molecule has 0 N–H and O–H groups in total. The molecule has 1 amide bonds. The molecule has 0 unspecified atom stereocenters. The van der Waals surface area contributed by atoms with Crippen LogP contribution in [0.3, 0.4) is 0 Å². The maximum atomic E-state index is 12.9. The van der Waals surface area contributed by atoms with Crippen LogP contribution in [0.15, 0.2) is 29.2 Å². The number of benzene rings is 1.